The number of nitrogens with one attached hydrogen (secondary N) is 1. The molecule has 1 aliphatic rings. The molecular weight excluding hydrogens is 308 g/mol. The number of hydrogen-bond acceptors (Lipinski definition) is 3. The Kier molecular flexibility index (Phi) is 4.82. The third-order valence-electron chi connectivity index (χ3n) is 3.25. The molecule has 0 saturated heterocycles. The standard InChI is InChI=1S/C14H19BrN2O2/c1-9(19-12-4-2-3-11(15)7-12)14(18)17-13(8-16)10-5-6-10/h2-4,7,9-10,13H,5-6,8,16H2,1H3,(H,17,18). The number of nitrogens with two attached hydrogens (primary N) is 1. The quantitative estimate of drug-likeness (QED) is 0.841. The van der Waals surface area contributed by atoms with Gasteiger partial charge >= 0.3 is 0 Å². The molecule has 19 heavy (non-hydrogen) atoms. The highest BCUT2D eigenvalue weighted by Gasteiger charge is 2.32. The molecular formula is C14H19BrN2O2. The average Bonchev–Trinajstić information content (AvgIpc) is 3.19. The normalized spacial score (nSPS) is 17.6. The van der Waals surface area contributed by atoms with E-state index in [0.29, 0.717) is 18.2 Å². The van der Waals surface area contributed by atoms with E-state index >= 15 is 0 Å². The van der Waals surface area contributed by atoms with E-state index in [4.69, 9.17) is 10.5 Å². The first kappa shape index (κ1) is 14.3. The monoisotopic (exact) mass is 326 g/mol. The van der Waals surface area contributed by atoms with Gasteiger partial charge in [-0.2, -0.15) is 0 Å². The highest BCUT2D eigenvalue weighted by Crippen LogP contribution is 2.32. The van der Waals surface area contributed by atoms with Gasteiger partial charge in [0.05, 0.1) is 0 Å². The minimum atomic E-state index is -0.526. The molecule has 104 valence electrons. The molecule has 1 amide bonds. The van der Waals surface area contributed by atoms with Crippen LogP contribution in [-0.2, 0) is 4.79 Å². The summed E-state index contributed by atoms with van der Waals surface area (Å²) in [5.41, 5.74) is 5.67. The smallest absolute Gasteiger partial charge is 0.261 e. The molecule has 0 bridgehead atoms. The first-order valence-corrected chi connectivity index (χ1v) is 7.32. The van der Waals surface area contributed by atoms with E-state index in [1.165, 1.54) is 0 Å². The first-order chi connectivity index (χ1) is 9.10. The molecule has 1 saturated carbocycles. The van der Waals surface area contributed by atoms with Gasteiger partial charge in [0.25, 0.3) is 5.91 Å². The van der Waals surface area contributed by atoms with Gasteiger partial charge in [0, 0.05) is 17.1 Å². The highest BCUT2D eigenvalue weighted by molar-refractivity contribution is 9.10. The minimum Gasteiger partial charge on any atom is -0.481 e. The Bertz CT molecular complexity index is 449. The summed E-state index contributed by atoms with van der Waals surface area (Å²) in [4.78, 5) is 12.0. The highest BCUT2D eigenvalue weighted by atomic mass is 79.9. The molecule has 1 aromatic rings. The summed E-state index contributed by atoms with van der Waals surface area (Å²) in [5, 5.41) is 2.96. The van der Waals surface area contributed by atoms with E-state index in [9.17, 15) is 4.79 Å². The van der Waals surface area contributed by atoms with Crippen molar-refractivity contribution in [1.29, 1.82) is 0 Å². The Balaban J connectivity index is 1.88. The van der Waals surface area contributed by atoms with Crippen LogP contribution in [0.25, 0.3) is 0 Å². The Morgan fingerprint density at radius 3 is 2.89 bits per heavy atom. The minimum absolute atomic E-state index is 0.0843. The maximum atomic E-state index is 12.0. The van der Waals surface area contributed by atoms with E-state index in [-0.39, 0.29) is 11.9 Å². The van der Waals surface area contributed by atoms with Crippen LogP contribution in [-0.4, -0.2) is 24.6 Å². The zero-order chi connectivity index (χ0) is 13.8. The Hall–Kier alpha value is -1.07. The number of carbonyl (C=O) groups is 1. The summed E-state index contributed by atoms with van der Waals surface area (Å²) < 4.78 is 6.55. The molecule has 0 aliphatic heterocycles. The summed E-state index contributed by atoms with van der Waals surface area (Å²) in [5.74, 6) is 1.11. The predicted octanol–water partition coefficient (Wildman–Crippen LogP) is 2.07. The molecule has 2 unspecified atom stereocenters. The van der Waals surface area contributed by atoms with Crippen molar-refractivity contribution in [2.75, 3.05) is 6.54 Å². The first-order valence-electron chi connectivity index (χ1n) is 6.53. The summed E-state index contributed by atoms with van der Waals surface area (Å²) in [6.07, 6.45) is 1.79. The molecule has 3 N–H and O–H groups in total. The molecule has 0 heterocycles. The van der Waals surface area contributed by atoms with Crippen molar-refractivity contribution >= 4 is 21.8 Å². The Morgan fingerprint density at radius 1 is 1.58 bits per heavy atom. The topological polar surface area (TPSA) is 64.3 Å². The van der Waals surface area contributed by atoms with Crippen LogP contribution < -0.4 is 15.8 Å². The van der Waals surface area contributed by atoms with Crippen molar-refractivity contribution < 1.29 is 9.53 Å². The zero-order valence-electron chi connectivity index (χ0n) is 10.9. The fraction of sp³-hybridized carbons (Fsp3) is 0.500. The molecule has 4 nitrogen and oxygen atoms in total. The molecule has 1 fully saturated rings. The van der Waals surface area contributed by atoms with E-state index in [1.807, 2.05) is 24.3 Å². The number of benzene rings is 1. The molecule has 2 rings (SSSR count). The Morgan fingerprint density at radius 2 is 2.32 bits per heavy atom. The summed E-state index contributed by atoms with van der Waals surface area (Å²) in [7, 11) is 0. The zero-order valence-corrected chi connectivity index (χ0v) is 12.5. The molecule has 1 aliphatic carbocycles. The number of ether oxygens (including phenoxy) is 1. The molecule has 2 atom stereocenters. The van der Waals surface area contributed by atoms with Crippen LogP contribution in [0.5, 0.6) is 5.75 Å². The third kappa shape index (κ3) is 4.21. The van der Waals surface area contributed by atoms with E-state index < -0.39 is 6.10 Å². The molecule has 0 spiro atoms. The molecule has 1 aromatic carbocycles. The summed E-state index contributed by atoms with van der Waals surface area (Å²) >= 11 is 3.37. The van der Waals surface area contributed by atoms with Gasteiger partial charge in [-0.25, -0.2) is 0 Å². The van der Waals surface area contributed by atoms with Gasteiger partial charge in [-0.15, -0.1) is 0 Å². The Labute approximate surface area is 121 Å². The van der Waals surface area contributed by atoms with Crippen molar-refractivity contribution in [2.45, 2.75) is 31.9 Å². The second-order valence-electron chi connectivity index (χ2n) is 4.91. The van der Waals surface area contributed by atoms with Crippen molar-refractivity contribution in [3.8, 4) is 5.75 Å². The van der Waals surface area contributed by atoms with Crippen molar-refractivity contribution in [3.05, 3.63) is 28.7 Å². The van der Waals surface area contributed by atoms with Gasteiger partial charge < -0.3 is 15.8 Å². The van der Waals surface area contributed by atoms with Crippen LogP contribution in [0.4, 0.5) is 0 Å². The molecule has 5 heteroatoms. The summed E-state index contributed by atoms with van der Waals surface area (Å²) in [6.45, 7) is 2.23. The van der Waals surface area contributed by atoms with Crippen LogP contribution in [0.2, 0.25) is 0 Å². The van der Waals surface area contributed by atoms with E-state index in [1.54, 1.807) is 6.92 Å². The number of carbonyl (C=O) groups excluding carboxylic acids is 1. The fourth-order valence-electron chi connectivity index (χ4n) is 1.97. The lowest BCUT2D eigenvalue weighted by Crippen LogP contribution is -2.46. The fourth-order valence-corrected chi connectivity index (χ4v) is 2.34. The summed E-state index contributed by atoms with van der Waals surface area (Å²) in [6, 6.07) is 7.54. The van der Waals surface area contributed by atoms with E-state index in [0.717, 1.165) is 17.3 Å². The lowest BCUT2D eigenvalue weighted by molar-refractivity contribution is -0.128. The maximum absolute atomic E-state index is 12.0. The number of amides is 1. The number of hydrogen-bond donors (Lipinski definition) is 2. The molecule has 0 radical (unpaired) electrons. The van der Waals surface area contributed by atoms with Crippen LogP contribution in [0.3, 0.4) is 0 Å². The van der Waals surface area contributed by atoms with Gasteiger partial charge in [-0.1, -0.05) is 22.0 Å². The van der Waals surface area contributed by atoms with Crippen molar-refractivity contribution in [1.82, 2.24) is 5.32 Å². The van der Waals surface area contributed by atoms with Crippen molar-refractivity contribution in [2.24, 2.45) is 11.7 Å². The van der Waals surface area contributed by atoms with E-state index in [2.05, 4.69) is 21.2 Å². The second-order valence-corrected chi connectivity index (χ2v) is 5.82. The lowest BCUT2D eigenvalue weighted by atomic mass is 10.2. The number of rotatable bonds is 6. The van der Waals surface area contributed by atoms with Crippen LogP contribution in [0.1, 0.15) is 19.8 Å². The van der Waals surface area contributed by atoms with Gasteiger partial charge in [-0.3, -0.25) is 4.79 Å². The van der Waals surface area contributed by atoms with Crippen LogP contribution in [0, 0.1) is 5.92 Å². The van der Waals surface area contributed by atoms with Crippen molar-refractivity contribution in [3.63, 3.8) is 0 Å². The third-order valence-corrected chi connectivity index (χ3v) is 3.74. The average molecular weight is 327 g/mol. The lowest BCUT2D eigenvalue weighted by Gasteiger charge is -2.20. The van der Waals surface area contributed by atoms with Gasteiger partial charge in [0.2, 0.25) is 0 Å². The maximum Gasteiger partial charge on any atom is 0.261 e. The largest absolute Gasteiger partial charge is 0.481 e. The molecule has 0 aromatic heterocycles. The van der Waals surface area contributed by atoms with Gasteiger partial charge in [-0.05, 0) is 43.9 Å². The van der Waals surface area contributed by atoms with Gasteiger partial charge in [0.1, 0.15) is 5.75 Å². The van der Waals surface area contributed by atoms with Crippen LogP contribution in [0.15, 0.2) is 28.7 Å². The SMILES string of the molecule is CC(Oc1cccc(Br)c1)C(=O)NC(CN)C1CC1. The second kappa shape index (κ2) is 6.39. The number of halogens is 1. The van der Waals surface area contributed by atoms with Crippen LogP contribution >= 0.6 is 15.9 Å². The van der Waals surface area contributed by atoms with Gasteiger partial charge in [0.15, 0.2) is 6.10 Å². The predicted molar refractivity (Wildman–Crippen MR) is 77.9 cm³/mol.